The van der Waals surface area contributed by atoms with Gasteiger partial charge in [-0.2, -0.15) is 0 Å². The van der Waals surface area contributed by atoms with E-state index in [0.29, 0.717) is 10.6 Å². The molecule has 0 aliphatic carbocycles. The molecule has 8 heteroatoms. The van der Waals surface area contributed by atoms with Gasteiger partial charge in [-0.05, 0) is 12.1 Å². The Morgan fingerprint density at radius 3 is 2.17 bits per heavy atom. The average Bonchev–Trinajstić information content (AvgIpc) is 2.25. The molecular weight excluding hydrogens is 242 g/mol. The van der Waals surface area contributed by atoms with Crippen LogP contribution in [0.2, 0.25) is 0 Å². The van der Waals surface area contributed by atoms with Gasteiger partial charge < -0.3 is 15.9 Å². The minimum Gasteiger partial charge on any atom is -0.479 e. The molecule has 0 fully saturated rings. The molecule has 96 valence electrons. The summed E-state index contributed by atoms with van der Waals surface area (Å²) in [5, 5.41) is 17.7. The highest BCUT2D eigenvalue weighted by Crippen LogP contribution is 2.16. The van der Waals surface area contributed by atoms with Crippen molar-refractivity contribution in [3.8, 4) is 0 Å². The zero-order chi connectivity index (χ0) is 13.9. The second kappa shape index (κ2) is 5.13. The van der Waals surface area contributed by atoms with Crippen LogP contribution in [0.25, 0.3) is 0 Å². The van der Waals surface area contributed by atoms with Crippen LogP contribution < -0.4 is 10.6 Å². The second-order valence-corrected chi connectivity index (χ2v) is 3.42. The van der Waals surface area contributed by atoms with Crippen LogP contribution in [0.5, 0.6) is 0 Å². The number of anilines is 2. The van der Waals surface area contributed by atoms with Crippen molar-refractivity contribution in [1.82, 2.24) is 4.98 Å². The number of carboxylic acids is 2. The van der Waals surface area contributed by atoms with E-state index in [4.69, 9.17) is 15.9 Å². The molecule has 0 unspecified atom stereocenters. The van der Waals surface area contributed by atoms with Gasteiger partial charge in [0.2, 0.25) is 11.9 Å². The zero-order valence-corrected chi connectivity index (χ0v) is 9.40. The lowest BCUT2D eigenvalue weighted by Crippen LogP contribution is -2.49. The van der Waals surface area contributed by atoms with Crippen molar-refractivity contribution in [2.45, 2.75) is 13.0 Å². The number of pyridine rings is 1. The van der Waals surface area contributed by atoms with E-state index in [1.165, 1.54) is 18.3 Å². The first-order valence-electron chi connectivity index (χ1n) is 4.81. The van der Waals surface area contributed by atoms with Crippen LogP contribution in [-0.2, 0) is 14.4 Å². The van der Waals surface area contributed by atoms with Crippen molar-refractivity contribution >= 4 is 29.4 Å². The van der Waals surface area contributed by atoms with E-state index in [9.17, 15) is 14.4 Å². The van der Waals surface area contributed by atoms with Gasteiger partial charge in [0.05, 0.1) is 11.9 Å². The highest BCUT2D eigenvalue weighted by molar-refractivity contribution is 6.08. The van der Waals surface area contributed by atoms with E-state index in [0.717, 1.165) is 6.92 Å². The molecule has 0 saturated heterocycles. The summed E-state index contributed by atoms with van der Waals surface area (Å²) in [5.41, 5.74) is 5.71. The standard InChI is InChI=1S/C10H11N3O5/c1-5(14)13(8(9(15)16)10(17)18)7-3-2-6(11)4-12-7/h2-4,8H,11H2,1H3,(H,15,16)(H,17,18). The summed E-state index contributed by atoms with van der Waals surface area (Å²) in [6, 6.07) is 0.632. The third-order valence-corrected chi connectivity index (χ3v) is 2.08. The predicted molar refractivity (Wildman–Crippen MR) is 60.9 cm³/mol. The minimum atomic E-state index is -2.03. The number of carbonyl (C=O) groups is 3. The van der Waals surface area contributed by atoms with Gasteiger partial charge in [0.25, 0.3) is 0 Å². The molecular formula is C10H11N3O5. The maximum Gasteiger partial charge on any atom is 0.338 e. The number of amides is 1. The Morgan fingerprint density at radius 2 is 1.83 bits per heavy atom. The van der Waals surface area contributed by atoms with Crippen LogP contribution in [0.3, 0.4) is 0 Å². The average molecular weight is 253 g/mol. The molecule has 0 radical (unpaired) electrons. The highest BCUT2D eigenvalue weighted by atomic mass is 16.4. The molecule has 1 heterocycles. The Labute approximate surface area is 102 Å². The van der Waals surface area contributed by atoms with Gasteiger partial charge in [-0.25, -0.2) is 14.6 Å². The van der Waals surface area contributed by atoms with Crippen molar-refractivity contribution in [2.24, 2.45) is 0 Å². The summed E-state index contributed by atoms with van der Waals surface area (Å²) in [7, 11) is 0. The molecule has 0 spiro atoms. The molecule has 18 heavy (non-hydrogen) atoms. The third kappa shape index (κ3) is 2.73. The highest BCUT2D eigenvalue weighted by Gasteiger charge is 2.36. The largest absolute Gasteiger partial charge is 0.479 e. The zero-order valence-electron chi connectivity index (χ0n) is 9.40. The van der Waals surface area contributed by atoms with Gasteiger partial charge in [0, 0.05) is 6.92 Å². The lowest BCUT2D eigenvalue weighted by molar-refractivity contribution is -0.151. The normalized spacial score (nSPS) is 10.1. The van der Waals surface area contributed by atoms with Crippen LogP contribution in [0.4, 0.5) is 11.5 Å². The van der Waals surface area contributed by atoms with Crippen molar-refractivity contribution in [3.63, 3.8) is 0 Å². The van der Waals surface area contributed by atoms with Gasteiger partial charge >= 0.3 is 11.9 Å². The number of nitrogen functional groups attached to an aromatic ring is 1. The number of nitrogens with zero attached hydrogens (tertiary/aromatic N) is 2. The molecule has 1 aromatic rings. The molecule has 0 atom stereocenters. The Balaban J connectivity index is 3.24. The molecule has 0 aliphatic rings. The quantitative estimate of drug-likeness (QED) is 0.619. The fourth-order valence-electron chi connectivity index (χ4n) is 1.34. The Bertz CT molecular complexity index is 471. The summed E-state index contributed by atoms with van der Waals surface area (Å²) in [6.07, 6.45) is 1.20. The third-order valence-electron chi connectivity index (χ3n) is 2.08. The number of hydrogen-bond donors (Lipinski definition) is 3. The molecule has 4 N–H and O–H groups in total. The Hall–Kier alpha value is -2.64. The molecule has 8 nitrogen and oxygen atoms in total. The van der Waals surface area contributed by atoms with Crippen molar-refractivity contribution in [1.29, 1.82) is 0 Å². The van der Waals surface area contributed by atoms with Crippen LogP contribution >= 0.6 is 0 Å². The van der Waals surface area contributed by atoms with Gasteiger partial charge in [-0.1, -0.05) is 0 Å². The summed E-state index contributed by atoms with van der Waals surface area (Å²) in [5.74, 6) is -4.15. The number of carboxylic acid groups (broad SMARTS) is 2. The Morgan fingerprint density at radius 1 is 1.28 bits per heavy atom. The van der Waals surface area contributed by atoms with Gasteiger partial charge in [0.15, 0.2) is 0 Å². The summed E-state index contributed by atoms with van der Waals surface area (Å²) in [4.78, 5) is 37.5. The van der Waals surface area contributed by atoms with E-state index >= 15 is 0 Å². The number of nitrogens with two attached hydrogens (primary N) is 1. The summed E-state index contributed by atoms with van der Waals surface area (Å²) < 4.78 is 0. The predicted octanol–water partition coefficient (Wildman–Crippen LogP) is -0.445. The SMILES string of the molecule is CC(=O)N(c1ccc(N)cn1)C(C(=O)O)C(=O)O. The van der Waals surface area contributed by atoms with Gasteiger partial charge in [-0.15, -0.1) is 0 Å². The van der Waals surface area contributed by atoms with Crippen molar-refractivity contribution < 1.29 is 24.6 Å². The fraction of sp³-hybridized carbons (Fsp3) is 0.200. The summed E-state index contributed by atoms with van der Waals surface area (Å²) >= 11 is 0. The molecule has 1 rings (SSSR count). The number of carbonyl (C=O) groups excluding carboxylic acids is 1. The molecule has 0 aliphatic heterocycles. The first-order chi connectivity index (χ1) is 8.34. The molecule has 0 aromatic carbocycles. The number of hydrogen-bond acceptors (Lipinski definition) is 5. The van der Waals surface area contributed by atoms with E-state index in [2.05, 4.69) is 4.98 Å². The summed E-state index contributed by atoms with van der Waals surface area (Å²) in [6.45, 7) is 1.05. The first kappa shape index (κ1) is 13.4. The van der Waals surface area contributed by atoms with Gasteiger partial charge in [0.1, 0.15) is 5.82 Å². The van der Waals surface area contributed by atoms with Crippen LogP contribution in [0.1, 0.15) is 6.92 Å². The fourth-order valence-corrected chi connectivity index (χ4v) is 1.34. The Kier molecular flexibility index (Phi) is 3.82. The maximum absolute atomic E-state index is 11.4. The molecule has 0 bridgehead atoms. The monoisotopic (exact) mass is 253 g/mol. The van der Waals surface area contributed by atoms with Gasteiger partial charge in [-0.3, -0.25) is 9.69 Å². The lowest BCUT2D eigenvalue weighted by atomic mass is 10.2. The lowest BCUT2D eigenvalue weighted by Gasteiger charge is -2.23. The molecule has 1 amide bonds. The topological polar surface area (TPSA) is 134 Å². The number of aromatic nitrogens is 1. The number of rotatable bonds is 4. The van der Waals surface area contributed by atoms with E-state index in [1.807, 2.05) is 0 Å². The van der Waals surface area contributed by atoms with E-state index < -0.39 is 23.9 Å². The van der Waals surface area contributed by atoms with Crippen LogP contribution in [0, 0.1) is 0 Å². The molecule has 1 aromatic heterocycles. The smallest absolute Gasteiger partial charge is 0.338 e. The molecule has 0 saturated carbocycles. The van der Waals surface area contributed by atoms with Crippen LogP contribution in [-0.4, -0.2) is 39.1 Å². The maximum atomic E-state index is 11.4. The number of aliphatic carboxylic acids is 2. The van der Waals surface area contributed by atoms with E-state index in [1.54, 1.807) is 0 Å². The van der Waals surface area contributed by atoms with E-state index in [-0.39, 0.29) is 5.82 Å². The first-order valence-corrected chi connectivity index (χ1v) is 4.81. The van der Waals surface area contributed by atoms with Crippen molar-refractivity contribution in [3.05, 3.63) is 18.3 Å². The van der Waals surface area contributed by atoms with Crippen LogP contribution in [0.15, 0.2) is 18.3 Å². The van der Waals surface area contributed by atoms with Crippen molar-refractivity contribution in [2.75, 3.05) is 10.6 Å². The minimum absolute atomic E-state index is 0.0912. The second-order valence-electron chi connectivity index (χ2n) is 3.42.